The second-order valence-electron chi connectivity index (χ2n) is 1.75. The Morgan fingerprint density at radius 3 is 3.20 bits per heavy atom. The van der Waals surface area contributed by atoms with Gasteiger partial charge in [0, 0.05) is 6.17 Å². The molecule has 0 saturated heterocycles. The molecule has 1 aromatic rings. The Hall–Kier alpha value is -0.880. The fourth-order valence-corrected chi connectivity index (χ4v) is 1.04. The number of pyridine rings is 1. The van der Waals surface area contributed by atoms with E-state index in [9.17, 15) is 0 Å². The number of nitrogens with zero attached hydrogens (tertiary/aromatic N) is 2. The molecular weight excluding hydrogens is 192 g/mol. The number of hydrogen-bond donors (Lipinski definition) is 0. The van der Waals surface area contributed by atoms with E-state index in [0.717, 1.165) is 0 Å². The highest BCUT2D eigenvalue weighted by Gasteiger charge is 2.00. The molecule has 1 rings (SSSR count). The van der Waals surface area contributed by atoms with E-state index in [1.165, 1.54) is 0 Å². The lowest BCUT2D eigenvalue weighted by molar-refractivity contribution is 1.21. The van der Waals surface area contributed by atoms with Crippen molar-refractivity contribution in [2.75, 3.05) is 0 Å². The van der Waals surface area contributed by atoms with E-state index in [-0.39, 0.29) is 12.2 Å². The van der Waals surface area contributed by atoms with Gasteiger partial charge in [-0.25, -0.2) is 4.98 Å². The third-order valence-corrected chi connectivity index (χ3v) is 1.66. The Morgan fingerprint density at radius 1 is 1.90 bits per heavy atom. The molecule has 0 fully saturated rings. The number of rotatable bonds is 0. The van der Waals surface area contributed by atoms with Gasteiger partial charge in [0.05, 0.1) is 8.30 Å². The molecule has 50 valence electrons. The van der Waals surface area contributed by atoms with Gasteiger partial charge < -0.3 is 0 Å². The molecule has 0 bridgehead atoms. The predicted molar refractivity (Wildman–Crippen MR) is 41.4 cm³/mol. The molecule has 0 aromatic carbocycles. The first-order chi connectivity index (χ1) is 5.57. The summed E-state index contributed by atoms with van der Waals surface area (Å²) in [7, 11) is 0. The van der Waals surface area contributed by atoms with E-state index < -0.39 is 0 Å². The number of aromatic nitrogens is 1. The van der Waals surface area contributed by atoms with Crippen LogP contribution in [-0.2, 0) is 0 Å². The van der Waals surface area contributed by atoms with Gasteiger partial charge in [-0.1, -0.05) is 0 Å². The summed E-state index contributed by atoms with van der Waals surface area (Å²) in [5, 5.41) is 8.65. The summed E-state index contributed by atoms with van der Waals surface area (Å²) < 4.78 is 14.9. The SMILES string of the molecule is [2H]c1nc(Br)c(C#N)c(C)c1[2H]. The lowest BCUT2D eigenvalue weighted by Crippen LogP contribution is -1.85. The van der Waals surface area contributed by atoms with E-state index >= 15 is 0 Å². The van der Waals surface area contributed by atoms with Crippen LogP contribution in [0.25, 0.3) is 0 Å². The molecule has 0 radical (unpaired) electrons. The van der Waals surface area contributed by atoms with Crippen molar-refractivity contribution in [1.29, 1.82) is 5.26 Å². The normalized spacial score (nSPS) is 11.7. The highest BCUT2D eigenvalue weighted by Crippen LogP contribution is 2.14. The Bertz CT molecular complexity index is 371. The minimum atomic E-state index is -0.113. The molecule has 3 heteroatoms. The fourth-order valence-electron chi connectivity index (χ4n) is 0.564. The Balaban J connectivity index is 3.54. The van der Waals surface area contributed by atoms with Crippen LogP contribution >= 0.6 is 15.9 Å². The smallest absolute Gasteiger partial charge is 0.124 e. The molecule has 0 unspecified atom stereocenters. The van der Waals surface area contributed by atoms with Crippen LogP contribution in [0.3, 0.4) is 0 Å². The Morgan fingerprint density at radius 2 is 2.60 bits per heavy atom. The molecule has 0 N–H and O–H groups in total. The van der Waals surface area contributed by atoms with Crippen LogP contribution in [0, 0.1) is 18.3 Å². The average molecular weight is 199 g/mol. The maximum Gasteiger partial charge on any atom is 0.124 e. The van der Waals surface area contributed by atoms with Crippen molar-refractivity contribution in [3.05, 3.63) is 27.9 Å². The standard InChI is InChI=1S/C7H5BrN2/c1-5-2-3-10-7(8)6(5)4-9/h2-3H,1H3/i2D,3D. The van der Waals surface area contributed by atoms with Gasteiger partial charge in [-0.3, -0.25) is 0 Å². The molecule has 1 heterocycles. The lowest BCUT2D eigenvalue weighted by Gasteiger charge is -1.95. The first-order valence-electron chi connectivity index (χ1n) is 3.61. The van der Waals surface area contributed by atoms with Crippen LogP contribution in [0.1, 0.15) is 13.9 Å². The number of nitriles is 1. The summed E-state index contributed by atoms with van der Waals surface area (Å²) in [5.74, 6) is 0. The first-order valence-corrected chi connectivity index (χ1v) is 3.40. The Labute approximate surface area is 70.5 Å². The van der Waals surface area contributed by atoms with E-state index in [4.69, 9.17) is 8.00 Å². The van der Waals surface area contributed by atoms with Crippen LogP contribution in [0.4, 0.5) is 0 Å². The number of hydrogen-bond acceptors (Lipinski definition) is 2. The maximum absolute atomic E-state index is 8.65. The molecule has 0 aliphatic carbocycles. The zero-order valence-electron chi connectivity index (χ0n) is 7.27. The van der Waals surface area contributed by atoms with Crippen molar-refractivity contribution < 1.29 is 2.74 Å². The second-order valence-corrected chi connectivity index (χ2v) is 2.50. The molecular formula is C7H5BrN2. The van der Waals surface area contributed by atoms with Gasteiger partial charge in [0.25, 0.3) is 0 Å². The third kappa shape index (κ3) is 1.17. The molecule has 10 heavy (non-hydrogen) atoms. The summed E-state index contributed by atoms with van der Waals surface area (Å²) in [6.45, 7) is 1.63. The summed E-state index contributed by atoms with van der Waals surface area (Å²) in [6.07, 6.45) is -0.113. The fraction of sp³-hybridized carbons (Fsp3) is 0.143. The zero-order chi connectivity index (χ0) is 9.30. The molecule has 0 aliphatic heterocycles. The second kappa shape index (κ2) is 2.80. The highest BCUT2D eigenvalue weighted by molar-refractivity contribution is 9.10. The number of halogens is 1. The monoisotopic (exact) mass is 198 g/mol. The van der Waals surface area contributed by atoms with Gasteiger partial charge in [0.1, 0.15) is 10.7 Å². The average Bonchev–Trinajstić information content (AvgIpc) is 2.01. The first kappa shape index (κ1) is 4.86. The third-order valence-electron chi connectivity index (χ3n) is 1.09. The van der Waals surface area contributed by atoms with E-state index in [0.29, 0.717) is 15.7 Å². The van der Waals surface area contributed by atoms with Crippen LogP contribution in [0.15, 0.2) is 16.8 Å². The van der Waals surface area contributed by atoms with E-state index in [1.807, 2.05) is 6.07 Å². The van der Waals surface area contributed by atoms with Crippen molar-refractivity contribution in [2.24, 2.45) is 0 Å². The highest BCUT2D eigenvalue weighted by atomic mass is 79.9. The molecule has 2 nitrogen and oxygen atoms in total. The predicted octanol–water partition coefficient (Wildman–Crippen LogP) is 2.02. The molecule has 0 amide bonds. The topological polar surface area (TPSA) is 36.7 Å². The van der Waals surface area contributed by atoms with Crippen LogP contribution in [-0.4, -0.2) is 4.98 Å². The van der Waals surface area contributed by atoms with E-state index in [2.05, 4.69) is 20.9 Å². The molecule has 0 aliphatic rings. The van der Waals surface area contributed by atoms with Crippen molar-refractivity contribution in [2.45, 2.75) is 6.92 Å². The van der Waals surface area contributed by atoms with Gasteiger partial charge >= 0.3 is 0 Å². The minimum Gasteiger partial charge on any atom is -0.248 e. The molecule has 1 aromatic heterocycles. The lowest BCUT2D eigenvalue weighted by atomic mass is 10.2. The maximum atomic E-state index is 8.65. The van der Waals surface area contributed by atoms with Gasteiger partial charge in [0.2, 0.25) is 0 Å². The summed E-state index contributed by atoms with van der Waals surface area (Å²) >= 11 is 3.06. The van der Waals surface area contributed by atoms with Crippen LogP contribution < -0.4 is 0 Å². The summed E-state index contributed by atoms with van der Waals surface area (Å²) in [6, 6.07) is 1.93. The van der Waals surface area contributed by atoms with Gasteiger partial charge in [0.15, 0.2) is 0 Å². The quantitative estimate of drug-likeness (QED) is 0.599. The van der Waals surface area contributed by atoms with Gasteiger partial charge in [-0.15, -0.1) is 0 Å². The van der Waals surface area contributed by atoms with E-state index in [1.54, 1.807) is 6.92 Å². The van der Waals surface area contributed by atoms with Gasteiger partial charge in [-0.2, -0.15) is 5.26 Å². The molecule has 0 atom stereocenters. The zero-order valence-corrected chi connectivity index (χ0v) is 6.86. The van der Waals surface area contributed by atoms with Crippen molar-refractivity contribution in [1.82, 2.24) is 4.98 Å². The van der Waals surface area contributed by atoms with Crippen molar-refractivity contribution in [3.8, 4) is 6.07 Å². The Kier molecular flexibility index (Phi) is 1.36. The summed E-state index contributed by atoms with van der Waals surface area (Å²) in [5.41, 5.74) is 0.820. The molecule has 0 saturated carbocycles. The van der Waals surface area contributed by atoms with Crippen molar-refractivity contribution >= 4 is 15.9 Å². The molecule has 0 spiro atoms. The minimum absolute atomic E-state index is 0.00903. The van der Waals surface area contributed by atoms with Crippen LogP contribution in [0.2, 0.25) is 0 Å². The van der Waals surface area contributed by atoms with Crippen molar-refractivity contribution in [3.63, 3.8) is 0 Å². The largest absolute Gasteiger partial charge is 0.248 e. The summed E-state index contributed by atoms with van der Waals surface area (Å²) in [4.78, 5) is 3.68. The van der Waals surface area contributed by atoms with Crippen LogP contribution in [0.5, 0.6) is 0 Å². The van der Waals surface area contributed by atoms with Gasteiger partial charge in [-0.05, 0) is 34.5 Å².